The molecule has 1 aliphatic rings. The van der Waals surface area contributed by atoms with Crippen LogP contribution in [-0.4, -0.2) is 72.3 Å². The van der Waals surface area contributed by atoms with E-state index in [4.69, 9.17) is 0 Å². The van der Waals surface area contributed by atoms with Crippen molar-refractivity contribution in [1.29, 1.82) is 0 Å². The van der Waals surface area contributed by atoms with E-state index in [9.17, 15) is 9.59 Å². The summed E-state index contributed by atoms with van der Waals surface area (Å²) in [6.07, 6.45) is 0. The van der Waals surface area contributed by atoms with Gasteiger partial charge >= 0.3 is 0 Å². The molecule has 1 saturated heterocycles. The van der Waals surface area contributed by atoms with Gasteiger partial charge in [-0.25, -0.2) is 0 Å². The molecule has 1 aromatic carbocycles. The van der Waals surface area contributed by atoms with Gasteiger partial charge in [0.05, 0.1) is 0 Å². The molecule has 1 atom stereocenters. The van der Waals surface area contributed by atoms with Crippen LogP contribution in [0.5, 0.6) is 0 Å². The first-order valence-corrected chi connectivity index (χ1v) is 8.73. The molecule has 5 heteroatoms. The smallest absolute Gasteiger partial charge is 0.253 e. The fourth-order valence-corrected chi connectivity index (χ4v) is 2.93. The molecule has 132 valence electrons. The van der Waals surface area contributed by atoms with E-state index in [1.54, 1.807) is 0 Å². The van der Waals surface area contributed by atoms with E-state index in [0.717, 1.165) is 6.54 Å². The maximum absolute atomic E-state index is 12.6. The Morgan fingerprint density at radius 1 is 1.00 bits per heavy atom. The Balaban J connectivity index is 1.86. The maximum Gasteiger partial charge on any atom is 0.253 e. The molecule has 0 N–H and O–H groups in total. The second-order valence-electron chi connectivity index (χ2n) is 6.92. The quantitative estimate of drug-likeness (QED) is 0.828. The van der Waals surface area contributed by atoms with Gasteiger partial charge in [0.25, 0.3) is 5.91 Å². The van der Waals surface area contributed by atoms with Crippen molar-refractivity contribution in [3.05, 3.63) is 35.9 Å². The molecule has 5 nitrogen and oxygen atoms in total. The summed E-state index contributed by atoms with van der Waals surface area (Å²) in [4.78, 5) is 31.0. The first-order chi connectivity index (χ1) is 11.4. The Kier molecular flexibility index (Phi) is 6.37. The summed E-state index contributed by atoms with van der Waals surface area (Å²) < 4.78 is 0. The van der Waals surface area contributed by atoms with Crippen molar-refractivity contribution in [3.8, 4) is 0 Å². The van der Waals surface area contributed by atoms with Crippen LogP contribution in [0.15, 0.2) is 30.3 Å². The summed E-state index contributed by atoms with van der Waals surface area (Å²) in [5, 5.41) is 0. The largest absolute Gasteiger partial charge is 0.339 e. The highest BCUT2D eigenvalue weighted by Crippen LogP contribution is 2.12. The number of piperazine rings is 1. The normalized spacial score (nSPS) is 16.6. The molecule has 0 bridgehead atoms. The standard InChI is InChI=1S/C19H29N3O2/c1-15(2)20(4)14-16(3)18(23)21-10-12-22(13-11-21)19(24)17-8-6-5-7-9-17/h5-9,15-16H,10-14H2,1-4H3/t16-/m1/s1. The Bertz CT molecular complexity index is 551. The molecule has 2 rings (SSSR count). The zero-order valence-electron chi connectivity index (χ0n) is 15.2. The van der Waals surface area contributed by atoms with Crippen molar-refractivity contribution in [2.45, 2.75) is 26.8 Å². The lowest BCUT2D eigenvalue weighted by Crippen LogP contribution is -2.52. The molecule has 1 aromatic rings. The fourth-order valence-electron chi connectivity index (χ4n) is 2.93. The van der Waals surface area contributed by atoms with Crippen LogP contribution >= 0.6 is 0 Å². The topological polar surface area (TPSA) is 43.9 Å². The molecule has 1 heterocycles. The van der Waals surface area contributed by atoms with Crippen LogP contribution < -0.4 is 0 Å². The van der Waals surface area contributed by atoms with Gasteiger partial charge in [0.15, 0.2) is 0 Å². The maximum atomic E-state index is 12.6. The van der Waals surface area contributed by atoms with Crippen LogP contribution in [0.2, 0.25) is 0 Å². The van der Waals surface area contributed by atoms with E-state index in [0.29, 0.717) is 37.8 Å². The highest BCUT2D eigenvalue weighted by molar-refractivity contribution is 5.94. The monoisotopic (exact) mass is 331 g/mol. The number of amides is 2. The molecule has 1 fully saturated rings. The molecular weight excluding hydrogens is 302 g/mol. The molecule has 24 heavy (non-hydrogen) atoms. The van der Waals surface area contributed by atoms with Gasteiger partial charge in [-0.3, -0.25) is 9.59 Å². The van der Waals surface area contributed by atoms with E-state index in [1.165, 1.54) is 0 Å². The predicted octanol–water partition coefficient (Wildman–Crippen LogP) is 1.95. The highest BCUT2D eigenvalue weighted by Gasteiger charge is 2.27. The van der Waals surface area contributed by atoms with Crippen LogP contribution in [0, 0.1) is 5.92 Å². The van der Waals surface area contributed by atoms with Crippen LogP contribution in [-0.2, 0) is 4.79 Å². The summed E-state index contributed by atoms with van der Waals surface area (Å²) in [7, 11) is 2.05. The summed E-state index contributed by atoms with van der Waals surface area (Å²) in [6, 6.07) is 9.76. The van der Waals surface area contributed by atoms with Crippen LogP contribution in [0.4, 0.5) is 0 Å². The van der Waals surface area contributed by atoms with Gasteiger partial charge in [-0.05, 0) is 33.0 Å². The van der Waals surface area contributed by atoms with E-state index in [1.807, 2.05) is 54.1 Å². The summed E-state index contributed by atoms with van der Waals surface area (Å²) in [6.45, 7) is 9.46. The second kappa shape index (κ2) is 8.29. The van der Waals surface area contributed by atoms with Gasteiger partial charge in [0.1, 0.15) is 0 Å². The minimum atomic E-state index is -0.0197. The lowest BCUT2D eigenvalue weighted by atomic mass is 10.1. The Labute approximate surface area is 145 Å². The number of hydrogen-bond donors (Lipinski definition) is 0. The number of benzene rings is 1. The zero-order chi connectivity index (χ0) is 17.7. The van der Waals surface area contributed by atoms with Crippen LogP contribution in [0.25, 0.3) is 0 Å². The number of nitrogens with zero attached hydrogens (tertiary/aromatic N) is 3. The minimum Gasteiger partial charge on any atom is -0.339 e. The second-order valence-corrected chi connectivity index (χ2v) is 6.92. The lowest BCUT2D eigenvalue weighted by molar-refractivity contribution is -0.137. The van der Waals surface area contributed by atoms with E-state index in [-0.39, 0.29) is 17.7 Å². The molecule has 0 spiro atoms. The summed E-state index contributed by atoms with van der Waals surface area (Å²) in [5.74, 6) is 0.221. The molecule has 2 amide bonds. The van der Waals surface area contributed by atoms with E-state index in [2.05, 4.69) is 18.7 Å². The molecule has 0 saturated carbocycles. The molecule has 0 aliphatic carbocycles. The van der Waals surface area contributed by atoms with Crippen LogP contribution in [0.1, 0.15) is 31.1 Å². The third-order valence-corrected chi connectivity index (χ3v) is 4.76. The molecular formula is C19H29N3O2. The number of rotatable bonds is 5. The summed E-state index contributed by atoms with van der Waals surface area (Å²) >= 11 is 0. The number of carbonyl (C=O) groups is 2. The third-order valence-electron chi connectivity index (χ3n) is 4.76. The van der Waals surface area contributed by atoms with Crippen molar-refractivity contribution < 1.29 is 9.59 Å². The van der Waals surface area contributed by atoms with Gasteiger partial charge in [0, 0.05) is 50.2 Å². The lowest BCUT2D eigenvalue weighted by Gasteiger charge is -2.36. The van der Waals surface area contributed by atoms with Crippen molar-refractivity contribution in [3.63, 3.8) is 0 Å². The number of hydrogen-bond acceptors (Lipinski definition) is 3. The van der Waals surface area contributed by atoms with Gasteiger partial charge < -0.3 is 14.7 Å². The highest BCUT2D eigenvalue weighted by atomic mass is 16.2. The zero-order valence-corrected chi connectivity index (χ0v) is 15.2. The van der Waals surface area contributed by atoms with Gasteiger partial charge in [-0.15, -0.1) is 0 Å². The Hall–Kier alpha value is -1.88. The van der Waals surface area contributed by atoms with Gasteiger partial charge in [-0.1, -0.05) is 25.1 Å². The fraction of sp³-hybridized carbons (Fsp3) is 0.579. The Morgan fingerprint density at radius 2 is 1.54 bits per heavy atom. The van der Waals surface area contributed by atoms with Crippen molar-refractivity contribution >= 4 is 11.8 Å². The summed E-state index contributed by atoms with van der Waals surface area (Å²) in [5.41, 5.74) is 0.712. The number of carbonyl (C=O) groups excluding carboxylic acids is 2. The minimum absolute atomic E-state index is 0.0197. The van der Waals surface area contributed by atoms with E-state index < -0.39 is 0 Å². The average Bonchev–Trinajstić information content (AvgIpc) is 2.61. The predicted molar refractivity (Wildman–Crippen MR) is 95.9 cm³/mol. The van der Waals surface area contributed by atoms with Crippen molar-refractivity contribution in [1.82, 2.24) is 14.7 Å². The van der Waals surface area contributed by atoms with Gasteiger partial charge in [0.2, 0.25) is 5.91 Å². The first kappa shape index (κ1) is 18.5. The van der Waals surface area contributed by atoms with Crippen LogP contribution in [0.3, 0.4) is 0 Å². The first-order valence-electron chi connectivity index (χ1n) is 8.73. The average molecular weight is 331 g/mol. The van der Waals surface area contributed by atoms with Gasteiger partial charge in [-0.2, -0.15) is 0 Å². The molecule has 0 aromatic heterocycles. The molecule has 1 aliphatic heterocycles. The third kappa shape index (κ3) is 4.57. The Morgan fingerprint density at radius 3 is 2.08 bits per heavy atom. The van der Waals surface area contributed by atoms with Crippen molar-refractivity contribution in [2.24, 2.45) is 5.92 Å². The molecule has 0 unspecified atom stereocenters. The molecule has 0 radical (unpaired) electrons. The van der Waals surface area contributed by atoms with Crippen molar-refractivity contribution in [2.75, 3.05) is 39.8 Å². The van der Waals surface area contributed by atoms with E-state index >= 15 is 0 Å². The SMILES string of the molecule is CC(C)N(C)C[C@@H](C)C(=O)N1CCN(C(=O)c2ccccc2)CC1.